The number of hydrogen-bond acceptors (Lipinski definition) is 7. The van der Waals surface area contributed by atoms with Crippen molar-refractivity contribution < 1.29 is 9.13 Å². The molecule has 2 atom stereocenters. The number of aryl methyl sites for hydroxylation is 1. The first-order chi connectivity index (χ1) is 20.3. The quantitative estimate of drug-likeness (QED) is 0.257. The topological polar surface area (TPSA) is 57.6 Å². The maximum Gasteiger partial charge on any atom is 0.319 e. The van der Waals surface area contributed by atoms with Crippen LogP contribution in [0.25, 0.3) is 32.9 Å². The van der Waals surface area contributed by atoms with E-state index in [1.165, 1.54) is 24.6 Å². The fourth-order valence-corrected chi connectivity index (χ4v) is 7.73. The lowest BCUT2D eigenvalue weighted by Crippen LogP contribution is -2.56. The van der Waals surface area contributed by atoms with Gasteiger partial charge in [-0.25, -0.2) is 4.39 Å². The third kappa shape index (κ3) is 4.51. The summed E-state index contributed by atoms with van der Waals surface area (Å²) in [5, 5.41) is 3.27. The van der Waals surface area contributed by atoms with Crippen LogP contribution in [0.4, 0.5) is 10.2 Å². The molecule has 0 N–H and O–H groups in total. The Morgan fingerprint density at radius 3 is 2.60 bits per heavy atom. The minimum absolute atomic E-state index is 0.127. The van der Waals surface area contributed by atoms with Gasteiger partial charge >= 0.3 is 6.01 Å². The van der Waals surface area contributed by atoms with Gasteiger partial charge in [0.25, 0.3) is 0 Å². The van der Waals surface area contributed by atoms with Gasteiger partial charge in [-0.05, 0) is 70.4 Å². The van der Waals surface area contributed by atoms with Crippen LogP contribution in [0.2, 0.25) is 0 Å². The van der Waals surface area contributed by atoms with Crippen LogP contribution in [0.15, 0.2) is 48.7 Å². The molecule has 0 unspecified atom stereocenters. The van der Waals surface area contributed by atoms with Crippen molar-refractivity contribution in [3.8, 4) is 17.3 Å². The first kappa shape index (κ1) is 27.5. The molecule has 42 heavy (non-hydrogen) atoms. The maximum atomic E-state index is 14.5. The van der Waals surface area contributed by atoms with Crippen LogP contribution in [0.3, 0.4) is 0 Å². The third-order valence-corrected chi connectivity index (χ3v) is 10.3. The number of fused-ring (bicyclic) bond motifs is 3. The van der Waals surface area contributed by atoms with E-state index in [9.17, 15) is 4.39 Å². The number of benzene rings is 2. The van der Waals surface area contributed by atoms with Crippen LogP contribution < -0.4 is 9.64 Å². The Morgan fingerprint density at radius 2 is 1.81 bits per heavy atom. The summed E-state index contributed by atoms with van der Waals surface area (Å²) in [5.41, 5.74) is 3.72. The second kappa shape index (κ2) is 10.4. The molecule has 4 aromatic rings. The van der Waals surface area contributed by atoms with Crippen molar-refractivity contribution in [1.82, 2.24) is 24.8 Å². The van der Waals surface area contributed by atoms with Gasteiger partial charge < -0.3 is 14.5 Å². The molecule has 1 aliphatic carbocycles. The molecule has 7 rings (SSSR count). The van der Waals surface area contributed by atoms with Gasteiger partial charge in [-0.3, -0.25) is 9.88 Å². The zero-order valence-corrected chi connectivity index (χ0v) is 25.2. The second-order valence-corrected chi connectivity index (χ2v) is 13.0. The molecule has 2 aliphatic heterocycles. The van der Waals surface area contributed by atoms with Crippen LogP contribution in [0, 0.1) is 6.92 Å². The van der Waals surface area contributed by atoms with E-state index in [0.717, 1.165) is 64.9 Å². The van der Waals surface area contributed by atoms with E-state index < -0.39 is 6.17 Å². The summed E-state index contributed by atoms with van der Waals surface area (Å²) < 4.78 is 20.9. The molecular formula is C34H41FN6O. The summed E-state index contributed by atoms with van der Waals surface area (Å²) in [6.07, 6.45) is 7.27. The van der Waals surface area contributed by atoms with Crippen LogP contribution in [0.1, 0.15) is 44.1 Å². The van der Waals surface area contributed by atoms with Gasteiger partial charge in [0.1, 0.15) is 18.6 Å². The monoisotopic (exact) mass is 568 g/mol. The summed E-state index contributed by atoms with van der Waals surface area (Å²) in [4.78, 5) is 21.9. The van der Waals surface area contributed by atoms with Crippen molar-refractivity contribution in [2.24, 2.45) is 0 Å². The van der Waals surface area contributed by atoms with Gasteiger partial charge in [0.15, 0.2) is 0 Å². The minimum Gasteiger partial charge on any atom is -0.461 e. The summed E-state index contributed by atoms with van der Waals surface area (Å²) in [6, 6.07) is 15.1. The van der Waals surface area contributed by atoms with E-state index >= 15 is 0 Å². The Kier molecular flexibility index (Phi) is 6.82. The van der Waals surface area contributed by atoms with E-state index in [-0.39, 0.29) is 11.1 Å². The Hall–Kier alpha value is -3.36. The highest BCUT2D eigenvalue weighted by Crippen LogP contribution is 2.42. The van der Waals surface area contributed by atoms with Crippen LogP contribution in [0.5, 0.6) is 6.01 Å². The lowest BCUT2D eigenvalue weighted by atomic mass is 9.75. The number of nitrogens with zero attached hydrogens (tertiary/aromatic N) is 6. The van der Waals surface area contributed by atoms with Crippen LogP contribution >= 0.6 is 0 Å². The molecule has 7 nitrogen and oxygen atoms in total. The molecule has 2 saturated heterocycles. The van der Waals surface area contributed by atoms with Crippen LogP contribution in [-0.2, 0) is 0 Å². The number of aromatic nitrogens is 3. The average Bonchev–Trinajstić information content (AvgIpc) is 3.49. The van der Waals surface area contributed by atoms with E-state index in [2.05, 4.69) is 85.2 Å². The molecule has 2 aromatic heterocycles. The van der Waals surface area contributed by atoms with E-state index in [0.29, 0.717) is 25.6 Å². The van der Waals surface area contributed by atoms with Crippen LogP contribution in [-0.4, -0.2) is 89.4 Å². The third-order valence-electron chi connectivity index (χ3n) is 10.3. The number of hydrogen-bond donors (Lipinski definition) is 0. The molecule has 0 radical (unpaired) electrons. The average molecular weight is 569 g/mol. The zero-order valence-electron chi connectivity index (χ0n) is 25.2. The van der Waals surface area contributed by atoms with Crippen molar-refractivity contribution >= 4 is 27.5 Å². The summed E-state index contributed by atoms with van der Waals surface area (Å²) in [7, 11) is 6.47. The molecule has 220 valence electrons. The predicted octanol–water partition coefficient (Wildman–Crippen LogP) is 6.03. The summed E-state index contributed by atoms with van der Waals surface area (Å²) in [6.45, 7) is 4.80. The Balaban J connectivity index is 1.32. The standard InChI is InChI=1S/C34H41FN6O/c1-23-29(27-13-7-11-24-10-5-6-12-26(24)27)36-19-28-30(23)37-32(42-22-34-16-9-17-41(34)20-25(35)18-34)38-31(28)40(4)21-33(39(2)3)14-8-15-33/h5-7,10-13,19,25H,8-9,14-18,20-22H2,1-4H3/t25-,34+/m1/s1. The first-order valence-electron chi connectivity index (χ1n) is 15.3. The Morgan fingerprint density at radius 1 is 1.00 bits per heavy atom. The van der Waals surface area contributed by atoms with Gasteiger partial charge in [0, 0.05) is 49.4 Å². The second-order valence-electron chi connectivity index (χ2n) is 13.0. The highest BCUT2D eigenvalue weighted by molar-refractivity contribution is 6.00. The summed E-state index contributed by atoms with van der Waals surface area (Å²) in [5.74, 6) is 0.832. The number of likely N-dealkylation sites (N-methyl/N-ethyl adjacent to an activating group) is 2. The van der Waals surface area contributed by atoms with Gasteiger partial charge in [0.2, 0.25) is 0 Å². The number of ether oxygens (including phenoxy) is 1. The molecule has 3 fully saturated rings. The highest BCUT2D eigenvalue weighted by atomic mass is 19.1. The number of rotatable bonds is 8. The molecule has 8 heteroatoms. The van der Waals surface area contributed by atoms with E-state index in [1.807, 2.05) is 6.20 Å². The number of halogens is 1. The fourth-order valence-electron chi connectivity index (χ4n) is 7.73. The van der Waals surface area contributed by atoms with Crippen molar-refractivity contribution in [2.45, 2.75) is 62.7 Å². The van der Waals surface area contributed by atoms with Gasteiger partial charge in [0.05, 0.1) is 22.1 Å². The SMILES string of the molecule is Cc1c(-c2cccc3ccccc23)ncc2c(N(C)CC3(N(C)C)CCC3)nc(OC[C@@]34CCCN3C[C@H](F)C4)nc12. The van der Waals surface area contributed by atoms with E-state index in [4.69, 9.17) is 19.7 Å². The molecule has 2 aromatic carbocycles. The molecule has 4 heterocycles. The fraction of sp³-hybridized carbons (Fsp3) is 0.500. The van der Waals surface area contributed by atoms with Gasteiger partial charge in [-0.15, -0.1) is 0 Å². The predicted molar refractivity (Wildman–Crippen MR) is 167 cm³/mol. The van der Waals surface area contributed by atoms with Crippen molar-refractivity contribution in [2.75, 3.05) is 52.3 Å². The highest BCUT2D eigenvalue weighted by Gasteiger charge is 2.49. The molecule has 3 aliphatic rings. The molecule has 0 spiro atoms. The lowest BCUT2D eigenvalue weighted by Gasteiger charge is -2.49. The van der Waals surface area contributed by atoms with Crippen molar-refractivity contribution in [1.29, 1.82) is 0 Å². The minimum atomic E-state index is -0.797. The van der Waals surface area contributed by atoms with Crippen molar-refractivity contribution in [3.05, 3.63) is 54.2 Å². The number of pyridine rings is 1. The van der Waals surface area contributed by atoms with Gasteiger partial charge in [-0.1, -0.05) is 42.5 Å². The Bertz CT molecular complexity index is 1630. The first-order valence-corrected chi connectivity index (χ1v) is 15.3. The van der Waals surface area contributed by atoms with Gasteiger partial charge in [-0.2, -0.15) is 9.97 Å². The lowest BCUT2D eigenvalue weighted by molar-refractivity contribution is 0.0681. The summed E-state index contributed by atoms with van der Waals surface area (Å²) >= 11 is 0. The van der Waals surface area contributed by atoms with E-state index in [1.54, 1.807) is 0 Å². The number of alkyl halides is 1. The molecule has 1 saturated carbocycles. The molecule has 0 amide bonds. The normalized spacial score (nSPS) is 23.4. The number of anilines is 1. The zero-order chi connectivity index (χ0) is 29.1. The largest absolute Gasteiger partial charge is 0.461 e. The van der Waals surface area contributed by atoms with Crippen molar-refractivity contribution in [3.63, 3.8) is 0 Å². The Labute approximate surface area is 247 Å². The smallest absolute Gasteiger partial charge is 0.319 e. The molecular weight excluding hydrogens is 527 g/mol. The molecule has 0 bridgehead atoms. The maximum absolute atomic E-state index is 14.5.